The Hall–Kier alpha value is -1.85. The predicted molar refractivity (Wildman–Crippen MR) is 85.3 cm³/mol. The number of methoxy groups -OCH3 is 1. The number of halogens is 1. The molecule has 0 saturated carbocycles. The highest BCUT2D eigenvalue weighted by Gasteiger charge is 2.04. The van der Waals surface area contributed by atoms with Gasteiger partial charge in [-0.15, -0.1) is 0 Å². The first-order chi connectivity index (χ1) is 9.69. The van der Waals surface area contributed by atoms with Crippen molar-refractivity contribution in [1.82, 2.24) is 10.3 Å². The number of benzene rings is 1. The molecule has 4 nitrogen and oxygen atoms in total. The van der Waals surface area contributed by atoms with Crippen molar-refractivity contribution in [2.45, 2.75) is 6.54 Å². The van der Waals surface area contributed by atoms with E-state index in [1.54, 1.807) is 13.3 Å². The summed E-state index contributed by atoms with van der Waals surface area (Å²) in [5.74, 6) is 0.503. The predicted octanol–water partition coefficient (Wildman–Crippen LogP) is 3.23. The highest BCUT2D eigenvalue weighted by atomic mass is 35.5. The number of nitrogens with one attached hydrogen (secondary N) is 2. The monoisotopic (exact) mass is 307 g/mol. The first-order valence-corrected chi connectivity index (χ1v) is 6.76. The lowest BCUT2D eigenvalue weighted by Gasteiger charge is -2.12. The Balaban J connectivity index is 1.91. The van der Waals surface area contributed by atoms with Gasteiger partial charge in [-0.05, 0) is 42.0 Å². The fourth-order valence-corrected chi connectivity index (χ4v) is 1.91. The van der Waals surface area contributed by atoms with Gasteiger partial charge in [0, 0.05) is 17.8 Å². The van der Waals surface area contributed by atoms with Gasteiger partial charge in [0.05, 0.1) is 7.11 Å². The van der Waals surface area contributed by atoms with E-state index in [2.05, 4.69) is 15.6 Å². The largest absolute Gasteiger partial charge is 0.480 e. The van der Waals surface area contributed by atoms with E-state index in [0.29, 0.717) is 17.5 Å². The highest BCUT2D eigenvalue weighted by Crippen LogP contribution is 2.19. The Morgan fingerprint density at radius 3 is 2.75 bits per heavy atom. The van der Waals surface area contributed by atoms with Crippen LogP contribution in [-0.2, 0) is 6.54 Å². The molecule has 1 heterocycles. The van der Waals surface area contributed by atoms with Crippen molar-refractivity contribution in [3.63, 3.8) is 0 Å². The lowest BCUT2D eigenvalue weighted by Crippen LogP contribution is -2.28. The van der Waals surface area contributed by atoms with E-state index in [1.165, 1.54) is 0 Å². The van der Waals surface area contributed by atoms with Crippen molar-refractivity contribution in [2.75, 3.05) is 12.4 Å². The summed E-state index contributed by atoms with van der Waals surface area (Å²) in [7, 11) is 1.57. The Bertz CT molecular complexity index is 589. The van der Waals surface area contributed by atoms with Crippen LogP contribution in [-0.4, -0.2) is 17.2 Å². The number of anilines is 1. The molecule has 104 valence electrons. The molecule has 0 spiro atoms. The minimum Gasteiger partial charge on any atom is -0.480 e. The Kier molecular flexibility index (Phi) is 5.15. The van der Waals surface area contributed by atoms with Crippen molar-refractivity contribution in [3.05, 3.63) is 53.2 Å². The summed E-state index contributed by atoms with van der Waals surface area (Å²) in [5, 5.41) is 7.38. The third-order valence-electron chi connectivity index (χ3n) is 2.58. The first kappa shape index (κ1) is 14.6. The summed E-state index contributed by atoms with van der Waals surface area (Å²) in [6, 6.07) is 11.2. The molecule has 0 radical (unpaired) electrons. The molecule has 20 heavy (non-hydrogen) atoms. The SMILES string of the molecule is COc1ncccc1NC(=S)NCc1ccc(Cl)cc1. The summed E-state index contributed by atoms with van der Waals surface area (Å²) in [4.78, 5) is 4.09. The van der Waals surface area contributed by atoms with E-state index in [9.17, 15) is 0 Å². The zero-order valence-corrected chi connectivity index (χ0v) is 12.5. The van der Waals surface area contributed by atoms with Gasteiger partial charge in [0.2, 0.25) is 5.88 Å². The first-order valence-electron chi connectivity index (χ1n) is 5.97. The maximum absolute atomic E-state index is 5.84. The molecule has 2 rings (SSSR count). The van der Waals surface area contributed by atoms with Crippen LogP contribution < -0.4 is 15.4 Å². The molecular weight excluding hydrogens is 294 g/mol. The van der Waals surface area contributed by atoms with Gasteiger partial charge in [0.1, 0.15) is 5.69 Å². The molecule has 0 aliphatic heterocycles. The average Bonchev–Trinajstić information content (AvgIpc) is 2.47. The average molecular weight is 308 g/mol. The fourth-order valence-electron chi connectivity index (χ4n) is 1.60. The van der Waals surface area contributed by atoms with E-state index in [4.69, 9.17) is 28.6 Å². The molecule has 0 unspecified atom stereocenters. The molecule has 0 saturated heterocycles. The van der Waals surface area contributed by atoms with Gasteiger partial charge >= 0.3 is 0 Å². The summed E-state index contributed by atoms with van der Waals surface area (Å²) < 4.78 is 5.15. The van der Waals surface area contributed by atoms with Gasteiger partial charge in [0.15, 0.2) is 5.11 Å². The topological polar surface area (TPSA) is 46.2 Å². The minimum absolute atomic E-state index is 0.503. The zero-order chi connectivity index (χ0) is 14.4. The Labute approximate surface area is 128 Å². The van der Waals surface area contributed by atoms with E-state index >= 15 is 0 Å². The van der Waals surface area contributed by atoms with Crippen LogP contribution in [0.1, 0.15) is 5.56 Å². The summed E-state index contributed by atoms with van der Waals surface area (Å²) in [6.07, 6.45) is 1.66. The fraction of sp³-hybridized carbons (Fsp3) is 0.143. The molecule has 0 bridgehead atoms. The Morgan fingerprint density at radius 2 is 2.05 bits per heavy atom. The molecule has 1 aromatic carbocycles. The molecular formula is C14H14ClN3OS. The second-order valence-electron chi connectivity index (χ2n) is 3.99. The summed E-state index contributed by atoms with van der Waals surface area (Å²) >= 11 is 11.1. The van der Waals surface area contributed by atoms with E-state index < -0.39 is 0 Å². The van der Waals surface area contributed by atoms with Crippen LogP contribution in [0.4, 0.5) is 5.69 Å². The third kappa shape index (κ3) is 4.08. The van der Waals surface area contributed by atoms with Crippen LogP contribution in [0.25, 0.3) is 0 Å². The van der Waals surface area contributed by atoms with Gasteiger partial charge < -0.3 is 15.4 Å². The highest BCUT2D eigenvalue weighted by molar-refractivity contribution is 7.80. The number of pyridine rings is 1. The number of nitrogens with zero attached hydrogens (tertiary/aromatic N) is 1. The molecule has 6 heteroatoms. The molecule has 2 N–H and O–H groups in total. The maximum atomic E-state index is 5.84. The van der Waals surface area contributed by atoms with Crippen LogP contribution in [0.5, 0.6) is 5.88 Å². The van der Waals surface area contributed by atoms with Crippen molar-refractivity contribution in [1.29, 1.82) is 0 Å². The molecule has 0 amide bonds. The van der Waals surface area contributed by atoms with Gasteiger partial charge in [-0.3, -0.25) is 0 Å². The molecule has 2 aromatic rings. The smallest absolute Gasteiger partial charge is 0.237 e. The zero-order valence-electron chi connectivity index (χ0n) is 10.9. The lowest BCUT2D eigenvalue weighted by atomic mass is 10.2. The van der Waals surface area contributed by atoms with Gasteiger partial charge in [-0.2, -0.15) is 0 Å². The van der Waals surface area contributed by atoms with Crippen LogP contribution >= 0.6 is 23.8 Å². The van der Waals surface area contributed by atoms with Crippen LogP contribution in [0.15, 0.2) is 42.6 Å². The quantitative estimate of drug-likeness (QED) is 0.849. The second-order valence-corrected chi connectivity index (χ2v) is 4.84. The maximum Gasteiger partial charge on any atom is 0.237 e. The number of thiocarbonyl (C=S) groups is 1. The van der Waals surface area contributed by atoms with E-state index in [1.807, 2.05) is 36.4 Å². The molecule has 0 fully saturated rings. The molecule has 0 aliphatic carbocycles. The summed E-state index contributed by atoms with van der Waals surface area (Å²) in [6.45, 7) is 0.617. The number of rotatable bonds is 4. The van der Waals surface area contributed by atoms with Crippen molar-refractivity contribution in [3.8, 4) is 5.88 Å². The normalized spacial score (nSPS) is 9.90. The molecule has 0 aliphatic rings. The lowest BCUT2D eigenvalue weighted by molar-refractivity contribution is 0.400. The standard InChI is InChI=1S/C14H14ClN3OS/c1-19-13-12(3-2-8-16-13)18-14(20)17-9-10-4-6-11(15)7-5-10/h2-8H,9H2,1H3,(H2,17,18,20). The number of hydrogen-bond acceptors (Lipinski definition) is 3. The minimum atomic E-state index is 0.503. The second kappa shape index (κ2) is 7.07. The summed E-state index contributed by atoms with van der Waals surface area (Å²) in [5.41, 5.74) is 1.82. The van der Waals surface area contributed by atoms with Crippen molar-refractivity contribution >= 4 is 34.6 Å². The molecule has 1 aromatic heterocycles. The van der Waals surface area contributed by atoms with Crippen LogP contribution in [0, 0.1) is 0 Å². The number of aromatic nitrogens is 1. The number of ether oxygens (including phenoxy) is 1. The van der Waals surface area contributed by atoms with Crippen LogP contribution in [0.3, 0.4) is 0 Å². The van der Waals surface area contributed by atoms with Gasteiger partial charge in [-0.25, -0.2) is 4.98 Å². The number of hydrogen-bond donors (Lipinski definition) is 2. The van der Waals surface area contributed by atoms with E-state index in [-0.39, 0.29) is 0 Å². The third-order valence-corrected chi connectivity index (χ3v) is 3.08. The van der Waals surface area contributed by atoms with Crippen molar-refractivity contribution < 1.29 is 4.74 Å². The Morgan fingerprint density at radius 1 is 1.30 bits per heavy atom. The van der Waals surface area contributed by atoms with Crippen molar-refractivity contribution in [2.24, 2.45) is 0 Å². The van der Waals surface area contributed by atoms with Crippen LogP contribution in [0.2, 0.25) is 5.02 Å². The van der Waals surface area contributed by atoms with Gasteiger partial charge in [-0.1, -0.05) is 23.7 Å². The van der Waals surface area contributed by atoms with E-state index in [0.717, 1.165) is 16.3 Å². The molecule has 0 atom stereocenters. The van der Waals surface area contributed by atoms with Gasteiger partial charge in [0.25, 0.3) is 0 Å².